The normalized spacial score (nSPS) is 22.9. The van der Waals surface area contributed by atoms with Crippen molar-refractivity contribution in [2.75, 3.05) is 19.8 Å². The summed E-state index contributed by atoms with van der Waals surface area (Å²) in [5, 5.41) is 3.30. The number of morpholine rings is 1. The van der Waals surface area contributed by atoms with Crippen molar-refractivity contribution in [3.63, 3.8) is 0 Å². The highest BCUT2D eigenvalue weighted by Gasteiger charge is 2.25. The zero-order valence-corrected chi connectivity index (χ0v) is 10.6. The molecule has 1 aromatic rings. The summed E-state index contributed by atoms with van der Waals surface area (Å²) in [6.45, 7) is 5.79. The van der Waals surface area contributed by atoms with E-state index in [9.17, 15) is 4.79 Å². The molecule has 1 amide bonds. The summed E-state index contributed by atoms with van der Waals surface area (Å²) in [6, 6.07) is 6.20. The van der Waals surface area contributed by atoms with Crippen molar-refractivity contribution in [1.82, 2.24) is 10.2 Å². The van der Waals surface area contributed by atoms with Gasteiger partial charge in [0.05, 0.1) is 19.3 Å². The standard InChI is InChI=1S/C14H18N2O2/c1-10-9-18-5-4-16(10)14(17)11-2-3-12-7-15-8-13(12)6-11/h2-3,6,10,15H,4-5,7-9H2,1H3/t10-/m1/s1. The largest absolute Gasteiger partial charge is 0.377 e. The predicted octanol–water partition coefficient (Wildman–Crippen LogP) is 1.15. The quantitative estimate of drug-likeness (QED) is 0.808. The van der Waals surface area contributed by atoms with Gasteiger partial charge in [-0.3, -0.25) is 4.79 Å². The van der Waals surface area contributed by atoms with Gasteiger partial charge in [-0.05, 0) is 30.2 Å². The second-order valence-electron chi connectivity index (χ2n) is 5.01. The first-order valence-corrected chi connectivity index (χ1v) is 6.47. The van der Waals surface area contributed by atoms with E-state index in [0.717, 1.165) is 18.7 Å². The van der Waals surface area contributed by atoms with Crippen LogP contribution in [0.25, 0.3) is 0 Å². The Balaban J connectivity index is 1.83. The van der Waals surface area contributed by atoms with E-state index in [1.807, 2.05) is 24.0 Å². The molecule has 2 heterocycles. The Labute approximate surface area is 107 Å². The Kier molecular flexibility index (Phi) is 3.06. The zero-order chi connectivity index (χ0) is 12.5. The molecule has 0 saturated carbocycles. The molecular formula is C14H18N2O2. The second kappa shape index (κ2) is 4.71. The summed E-state index contributed by atoms with van der Waals surface area (Å²) in [7, 11) is 0. The summed E-state index contributed by atoms with van der Waals surface area (Å²) in [6.07, 6.45) is 0. The number of carbonyl (C=O) groups excluding carboxylic acids is 1. The summed E-state index contributed by atoms with van der Waals surface area (Å²) < 4.78 is 5.37. The summed E-state index contributed by atoms with van der Waals surface area (Å²) in [5.74, 6) is 0.125. The maximum Gasteiger partial charge on any atom is 0.254 e. The van der Waals surface area contributed by atoms with Crippen LogP contribution in [-0.4, -0.2) is 36.6 Å². The van der Waals surface area contributed by atoms with E-state index in [0.29, 0.717) is 19.8 Å². The number of carbonyl (C=O) groups is 1. The van der Waals surface area contributed by atoms with Crippen LogP contribution >= 0.6 is 0 Å². The van der Waals surface area contributed by atoms with Crippen LogP contribution in [-0.2, 0) is 17.8 Å². The van der Waals surface area contributed by atoms with Gasteiger partial charge in [0, 0.05) is 25.2 Å². The molecule has 0 aliphatic carbocycles. The lowest BCUT2D eigenvalue weighted by Crippen LogP contribution is -2.47. The molecule has 1 atom stereocenters. The molecule has 0 unspecified atom stereocenters. The van der Waals surface area contributed by atoms with Gasteiger partial charge < -0.3 is 15.0 Å². The fraction of sp³-hybridized carbons (Fsp3) is 0.500. The average molecular weight is 246 g/mol. The van der Waals surface area contributed by atoms with Crippen molar-refractivity contribution in [1.29, 1.82) is 0 Å². The Morgan fingerprint density at radius 2 is 2.22 bits per heavy atom. The third-order valence-corrected chi connectivity index (χ3v) is 3.71. The van der Waals surface area contributed by atoms with Crippen LogP contribution in [0.3, 0.4) is 0 Å². The topological polar surface area (TPSA) is 41.6 Å². The lowest BCUT2D eigenvalue weighted by atomic mass is 10.0. The van der Waals surface area contributed by atoms with Gasteiger partial charge in [-0.2, -0.15) is 0 Å². The number of rotatable bonds is 1. The van der Waals surface area contributed by atoms with Crippen LogP contribution in [0.15, 0.2) is 18.2 Å². The van der Waals surface area contributed by atoms with Gasteiger partial charge in [0.25, 0.3) is 5.91 Å². The van der Waals surface area contributed by atoms with E-state index < -0.39 is 0 Å². The van der Waals surface area contributed by atoms with Gasteiger partial charge in [0.1, 0.15) is 0 Å². The van der Waals surface area contributed by atoms with Gasteiger partial charge in [-0.1, -0.05) is 6.07 Å². The molecule has 3 rings (SSSR count). The molecule has 1 saturated heterocycles. The number of ether oxygens (including phenoxy) is 1. The predicted molar refractivity (Wildman–Crippen MR) is 68.3 cm³/mol. The first-order chi connectivity index (χ1) is 8.75. The molecular weight excluding hydrogens is 228 g/mol. The lowest BCUT2D eigenvalue weighted by Gasteiger charge is -2.33. The van der Waals surface area contributed by atoms with Gasteiger partial charge in [-0.15, -0.1) is 0 Å². The molecule has 1 N–H and O–H groups in total. The van der Waals surface area contributed by atoms with Crippen molar-refractivity contribution >= 4 is 5.91 Å². The minimum Gasteiger partial charge on any atom is -0.377 e. The highest BCUT2D eigenvalue weighted by molar-refractivity contribution is 5.94. The number of fused-ring (bicyclic) bond motifs is 1. The Morgan fingerprint density at radius 1 is 1.39 bits per heavy atom. The zero-order valence-electron chi connectivity index (χ0n) is 10.6. The first-order valence-electron chi connectivity index (χ1n) is 6.47. The molecule has 0 radical (unpaired) electrons. The number of nitrogens with one attached hydrogen (secondary N) is 1. The highest BCUT2D eigenvalue weighted by Crippen LogP contribution is 2.19. The lowest BCUT2D eigenvalue weighted by molar-refractivity contribution is 0.00359. The van der Waals surface area contributed by atoms with Crippen LogP contribution in [0.1, 0.15) is 28.4 Å². The molecule has 2 aliphatic heterocycles. The van der Waals surface area contributed by atoms with Crippen molar-refractivity contribution in [2.24, 2.45) is 0 Å². The van der Waals surface area contributed by atoms with Gasteiger partial charge in [0.15, 0.2) is 0 Å². The molecule has 1 fully saturated rings. The van der Waals surface area contributed by atoms with Crippen molar-refractivity contribution in [2.45, 2.75) is 26.1 Å². The first kappa shape index (κ1) is 11.7. The van der Waals surface area contributed by atoms with E-state index in [-0.39, 0.29) is 11.9 Å². The van der Waals surface area contributed by atoms with Gasteiger partial charge in [-0.25, -0.2) is 0 Å². The molecule has 0 aromatic heterocycles. The Hall–Kier alpha value is -1.39. The van der Waals surface area contributed by atoms with Crippen LogP contribution in [0.2, 0.25) is 0 Å². The average Bonchev–Trinajstić information content (AvgIpc) is 2.85. The Morgan fingerprint density at radius 3 is 3.06 bits per heavy atom. The Bertz CT molecular complexity index is 473. The van der Waals surface area contributed by atoms with E-state index in [4.69, 9.17) is 4.74 Å². The minimum atomic E-state index is 0.125. The van der Waals surface area contributed by atoms with Crippen molar-refractivity contribution in [3.8, 4) is 0 Å². The highest BCUT2D eigenvalue weighted by atomic mass is 16.5. The van der Waals surface area contributed by atoms with Crippen LogP contribution in [0, 0.1) is 0 Å². The van der Waals surface area contributed by atoms with Crippen LogP contribution < -0.4 is 5.32 Å². The molecule has 2 aliphatic rings. The second-order valence-corrected chi connectivity index (χ2v) is 5.01. The van der Waals surface area contributed by atoms with E-state index in [1.165, 1.54) is 11.1 Å². The number of hydrogen-bond acceptors (Lipinski definition) is 3. The number of benzene rings is 1. The third-order valence-electron chi connectivity index (χ3n) is 3.71. The fourth-order valence-electron chi connectivity index (χ4n) is 2.62. The molecule has 0 bridgehead atoms. The molecule has 1 aromatic carbocycles. The van der Waals surface area contributed by atoms with Crippen molar-refractivity contribution in [3.05, 3.63) is 34.9 Å². The minimum absolute atomic E-state index is 0.125. The summed E-state index contributed by atoms with van der Waals surface area (Å²) >= 11 is 0. The van der Waals surface area contributed by atoms with E-state index in [1.54, 1.807) is 0 Å². The number of hydrogen-bond donors (Lipinski definition) is 1. The smallest absolute Gasteiger partial charge is 0.254 e. The van der Waals surface area contributed by atoms with Crippen LogP contribution in [0.5, 0.6) is 0 Å². The van der Waals surface area contributed by atoms with Crippen molar-refractivity contribution < 1.29 is 9.53 Å². The van der Waals surface area contributed by atoms with E-state index >= 15 is 0 Å². The molecule has 4 heteroatoms. The summed E-state index contributed by atoms with van der Waals surface area (Å²) in [4.78, 5) is 14.4. The molecule has 18 heavy (non-hydrogen) atoms. The van der Waals surface area contributed by atoms with Gasteiger partial charge >= 0.3 is 0 Å². The van der Waals surface area contributed by atoms with Crippen LogP contribution in [0.4, 0.5) is 0 Å². The summed E-state index contributed by atoms with van der Waals surface area (Å²) in [5.41, 5.74) is 3.36. The molecule has 4 nitrogen and oxygen atoms in total. The number of nitrogens with zero attached hydrogens (tertiary/aromatic N) is 1. The maximum absolute atomic E-state index is 12.5. The third kappa shape index (κ3) is 2.02. The molecule has 0 spiro atoms. The monoisotopic (exact) mass is 246 g/mol. The number of amides is 1. The van der Waals surface area contributed by atoms with Gasteiger partial charge in [0.2, 0.25) is 0 Å². The SMILES string of the molecule is C[C@@H]1COCCN1C(=O)c1ccc2c(c1)CNC2. The van der Waals surface area contributed by atoms with E-state index in [2.05, 4.69) is 11.4 Å². The fourth-order valence-corrected chi connectivity index (χ4v) is 2.62. The maximum atomic E-state index is 12.5. The molecule has 96 valence electrons.